The fourth-order valence-electron chi connectivity index (χ4n) is 2.15. The number of oxazole rings is 1. The predicted molar refractivity (Wildman–Crippen MR) is 86.2 cm³/mol. The van der Waals surface area contributed by atoms with Crippen LogP contribution in [0.3, 0.4) is 0 Å². The second-order valence-corrected chi connectivity index (χ2v) is 5.40. The molecule has 0 radical (unpaired) electrons. The van der Waals surface area contributed by atoms with Crippen molar-refractivity contribution in [3.05, 3.63) is 67.9 Å². The SMILES string of the molecule is O=C(Cn1c(=O)oc2cc([N+](=O)[O-])ccc21)OCc1ccc(Cl)nc1. The molecule has 0 spiro atoms. The molecule has 0 aliphatic carbocycles. The molecule has 0 saturated heterocycles. The number of non-ortho nitro benzene ring substituents is 1. The summed E-state index contributed by atoms with van der Waals surface area (Å²) in [5.74, 6) is -1.47. The van der Waals surface area contributed by atoms with Crippen molar-refractivity contribution in [1.82, 2.24) is 9.55 Å². The molecule has 0 unspecified atom stereocenters. The molecule has 0 aliphatic rings. The first kappa shape index (κ1) is 16.7. The van der Waals surface area contributed by atoms with E-state index in [-0.39, 0.29) is 29.9 Å². The smallest absolute Gasteiger partial charge is 0.420 e. The van der Waals surface area contributed by atoms with Gasteiger partial charge in [-0.05, 0) is 12.1 Å². The average molecular weight is 364 g/mol. The Kier molecular flexibility index (Phi) is 4.48. The van der Waals surface area contributed by atoms with Gasteiger partial charge >= 0.3 is 11.7 Å². The number of esters is 1. The summed E-state index contributed by atoms with van der Waals surface area (Å²) in [4.78, 5) is 37.8. The van der Waals surface area contributed by atoms with Gasteiger partial charge in [-0.2, -0.15) is 0 Å². The van der Waals surface area contributed by atoms with Gasteiger partial charge in [-0.3, -0.25) is 19.5 Å². The van der Waals surface area contributed by atoms with Gasteiger partial charge in [0.2, 0.25) is 0 Å². The summed E-state index contributed by atoms with van der Waals surface area (Å²) < 4.78 is 11.1. The third-order valence-corrected chi connectivity index (χ3v) is 3.56. The molecule has 0 bridgehead atoms. The molecule has 0 atom stereocenters. The molecule has 128 valence electrons. The molecule has 0 fully saturated rings. The summed E-state index contributed by atoms with van der Waals surface area (Å²) in [7, 11) is 0. The summed E-state index contributed by atoms with van der Waals surface area (Å²) in [6.07, 6.45) is 1.47. The van der Waals surface area contributed by atoms with Crippen LogP contribution in [-0.4, -0.2) is 20.4 Å². The highest BCUT2D eigenvalue weighted by atomic mass is 35.5. The van der Waals surface area contributed by atoms with Crippen molar-refractivity contribution in [3.63, 3.8) is 0 Å². The zero-order valence-corrected chi connectivity index (χ0v) is 13.3. The molecule has 2 aromatic heterocycles. The summed E-state index contributed by atoms with van der Waals surface area (Å²) in [6, 6.07) is 6.90. The second kappa shape index (κ2) is 6.73. The molecule has 10 heteroatoms. The topological polar surface area (TPSA) is 117 Å². The Bertz CT molecular complexity index is 1010. The molecule has 3 rings (SSSR count). The van der Waals surface area contributed by atoms with Crippen LogP contribution in [0, 0.1) is 10.1 Å². The molecule has 25 heavy (non-hydrogen) atoms. The highest BCUT2D eigenvalue weighted by Crippen LogP contribution is 2.20. The average Bonchev–Trinajstić information content (AvgIpc) is 2.89. The largest absolute Gasteiger partial charge is 0.459 e. The van der Waals surface area contributed by atoms with Crippen LogP contribution in [0.25, 0.3) is 11.1 Å². The van der Waals surface area contributed by atoms with Crippen LogP contribution in [0.15, 0.2) is 45.7 Å². The number of fused-ring (bicyclic) bond motifs is 1. The van der Waals surface area contributed by atoms with Crippen LogP contribution in [0.1, 0.15) is 5.56 Å². The number of nitro groups is 1. The van der Waals surface area contributed by atoms with Gasteiger partial charge in [0.15, 0.2) is 5.58 Å². The monoisotopic (exact) mass is 363 g/mol. The minimum atomic E-state index is -0.805. The number of nitro benzene ring substituents is 1. The number of ether oxygens (including phenoxy) is 1. The molecule has 0 saturated carbocycles. The molecule has 2 heterocycles. The number of hydrogen-bond donors (Lipinski definition) is 0. The maximum atomic E-state index is 11.9. The van der Waals surface area contributed by atoms with Crippen molar-refractivity contribution >= 4 is 34.4 Å². The van der Waals surface area contributed by atoms with Gasteiger partial charge in [0, 0.05) is 17.8 Å². The van der Waals surface area contributed by atoms with E-state index in [0.29, 0.717) is 10.7 Å². The van der Waals surface area contributed by atoms with Crippen molar-refractivity contribution in [3.8, 4) is 0 Å². The van der Waals surface area contributed by atoms with E-state index < -0.39 is 16.6 Å². The maximum absolute atomic E-state index is 11.9. The number of carbonyl (C=O) groups is 1. The van der Waals surface area contributed by atoms with E-state index in [0.717, 1.165) is 10.6 Å². The Morgan fingerprint density at radius 3 is 2.84 bits per heavy atom. The lowest BCUT2D eigenvalue weighted by Crippen LogP contribution is -2.21. The Balaban J connectivity index is 1.74. The Labute approximate surface area is 144 Å². The van der Waals surface area contributed by atoms with Crippen molar-refractivity contribution in [2.24, 2.45) is 0 Å². The minimum absolute atomic E-state index is 0.0221. The maximum Gasteiger partial charge on any atom is 0.420 e. The highest BCUT2D eigenvalue weighted by Gasteiger charge is 2.16. The number of rotatable bonds is 5. The Morgan fingerprint density at radius 2 is 2.16 bits per heavy atom. The molecule has 0 N–H and O–H groups in total. The van der Waals surface area contributed by atoms with Crippen molar-refractivity contribution in [2.45, 2.75) is 13.2 Å². The number of pyridine rings is 1. The predicted octanol–water partition coefficient (Wildman–Crippen LogP) is 2.29. The van der Waals surface area contributed by atoms with Crippen molar-refractivity contribution in [1.29, 1.82) is 0 Å². The first-order chi connectivity index (χ1) is 11.9. The fourth-order valence-corrected chi connectivity index (χ4v) is 2.26. The van der Waals surface area contributed by atoms with Crippen molar-refractivity contribution < 1.29 is 18.9 Å². The summed E-state index contributed by atoms with van der Waals surface area (Å²) in [6.45, 7) is -0.413. The summed E-state index contributed by atoms with van der Waals surface area (Å²) in [5.41, 5.74) is 0.707. The number of halogens is 1. The fraction of sp³-hybridized carbons (Fsp3) is 0.133. The first-order valence-corrected chi connectivity index (χ1v) is 7.35. The number of aromatic nitrogens is 2. The molecular formula is C15H10ClN3O6. The van der Waals surface area contributed by atoms with Crippen LogP contribution >= 0.6 is 11.6 Å². The second-order valence-electron chi connectivity index (χ2n) is 5.01. The normalized spacial score (nSPS) is 10.8. The summed E-state index contributed by atoms with van der Waals surface area (Å²) in [5, 5.41) is 11.1. The van der Waals surface area contributed by atoms with Gasteiger partial charge in [0.05, 0.1) is 16.5 Å². The van der Waals surface area contributed by atoms with E-state index in [1.54, 1.807) is 12.1 Å². The quantitative estimate of drug-likeness (QED) is 0.295. The molecule has 0 amide bonds. The van der Waals surface area contributed by atoms with E-state index >= 15 is 0 Å². The number of benzene rings is 1. The molecule has 1 aromatic carbocycles. The van der Waals surface area contributed by atoms with E-state index in [9.17, 15) is 19.7 Å². The lowest BCUT2D eigenvalue weighted by atomic mass is 10.3. The minimum Gasteiger partial charge on any atom is -0.459 e. The van der Waals surface area contributed by atoms with Crippen LogP contribution < -0.4 is 5.76 Å². The van der Waals surface area contributed by atoms with Gasteiger partial charge in [-0.25, -0.2) is 9.78 Å². The van der Waals surface area contributed by atoms with Crippen molar-refractivity contribution in [2.75, 3.05) is 0 Å². The van der Waals surface area contributed by atoms with E-state index in [1.165, 1.54) is 18.3 Å². The number of carbonyl (C=O) groups excluding carboxylic acids is 1. The molecular weight excluding hydrogens is 354 g/mol. The third kappa shape index (κ3) is 3.66. The Hall–Kier alpha value is -3.20. The lowest BCUT2D eigenvalue weighted by molar-refractivity contribution is -0.384. The molecule has 0 aliphatic heterocycles. The van der Waals surface area contributed by atoms with Gasteiger partial charge in [-0.1, -0.05) is 17.7 Å². The third-order valence-electron chi connectivity index (χ3n) is 3.34. The number of nitrogens with zero attached hydrogens (tertiary/aromatic N) is 3. The van der Waals surface area contributed by atoms with Gasteiger partial charge in [0.1, 0.15) is 18.3 Å². The van der Waals surface area contributed by atoms with E-state index in [2.05, 4.69) is 4.98 Å². The van der Waals surface area contributed by atoms with Crippen LogP contribution in [0.4, 0.5) is 5.69 Å². The standard InChI is InChI=1S/C15H10ClN3O6/c16-13-4-1-9(6-17-13)8-24-14(20)7-18-11-3-2-10(19(22)23)5-12(11)25-15(18)21/h1-6H,7-8H2. The van der Waals surface area contributed by atoms with Gasteiger partial charge < -0.3 is 9.15 Å². The van der Waals surface area contributed by atoms with Gasteiger partial charge in [-0.15, -0.1) is 0 Å². The summed E-state index contributed by atoms with van der Waals surface area (Å²) >= 11 is 5.66. The molecule has 9 nitrogen and oxygen atoms in total. The van der Waals surface area contributed by atoms with E-state index in [1.807, 2.05) is 0 Å². The first-order valence-electron chi connectivity index (χ1n) is 6.98. The lowest BCUT2D eigenvalue weighted by Gasteiger charge is -2.05. The zero-order chi connectivity index (χ0) is 18.0. The van der Waals surface area contributed by atoms with E-state index in [4.69, 9.17) is 20.8 Å². The zero-order valence-electron chi connectivity index (χ0n) is 12.5. The number of hydrogen-bond acceptors (Lipinski definition) is 7. The van der Waals surface area contributed by atoms with Crippen LogP contribution in [0.2, 0.25) is 5.15 Å². The van der Waals surface area contributed by atoms with Gasteiger partial charge in [0.25, 0.3) is 5.69 Å². The molecule has 3 aromatic rings. The van der Waals surface area contributed by atoms with Crippen LogP contribution in [-0.2, 0) is 22.7 Å². The Morgan fingerprint density at radius 1 is 1.36 bits per heavy atom. The highest BCUT2D eigenvalue weighted by molar-refractivity contribution is 6.29. The van der Waals surface area contributed by atoms with Crippen LogP contribution in [0.5, 0.6) is 0 Å².